The van der Waals surface area contributed by atoms with E-state index < -0.39 is 0 Å². The number of aromatic hydroxyl groups is 1. The van der Waals surface area contributed by atoms with Crippen LogP contribution in [0, 0.1) is 0 Å². The second kappa shape index (κ2) is 7.09. The minimum atomic E-state index is 0.161. The first-order valence-corrected chi connectivity index (χ1v) is 9.49. The van der Waals surface area contributed by atoms with Crippen LogP contribution in [0.15, 0.2) is 58.7 Å². The summed E-state index contributed by atoms with van der Waals surface area (Å²) >= 11 is 7.61. The Morgan fingerprint density at radius 1 is 1.27 bits per heavy atom. The summed E-state index contributed by atoms with van der Waals surface area (Å²) in [5.41, 5.74) is 3.01. The maximum absolute atomic E-state index is 9.82. The first kappa shape index (κ1) is 17.1. The number of aromatic nitrogens is 2. The fraction of sp³-hybridized carbons (Fsp3) is 0.150. The number of phenols is 1. The van der Waals surface area contributed by atoms with E-state index in [2.05, 4.69) is 16.8 Å². The average molecular weight is 385 g/mol. The van der Waals surface area contributed by atoms with Gasteiger partial charge in [0.05, 0.1) is 18.8 Å². The summed E-state index contributed by atoms with van der Waals surface area (Å²) < 4.78 is 7.59. The van der Waals surface area contributed by atoms with Gasteiger partial charge in [-0.05, 0) is 42.8 Å². The van der Waals surface area contributed by atoms with Gasteiger partial charge in [0.1, 0.15) is 0 Å². The molecule has 0 aliphatic carbocycles. The molecule has 1 aliphatic rings. The van der Waals surface area contributed by atoms with Gasteiger partial charge in [0, 0.05) is 21.7 Å². The van der Waals surface area contributed by atoms with Crippen LogP contribution in [0.25, 0.3) is 17.3 Å². The van der Waals surface area contributed by atoms with Crippen molar-refractivity contribution in [3.05, 3.63) is 64.2 Å². The van der Waals surface area contributed by atoms with E-state index >= 15 is 0 Å². The maximum Gasteiger partial charge on any atom is 0.173 e. The predicted molar refractivity (Wildman–Crippen MR) is 106 cm³/mol. The molecular weight excluding hydrogens is 368 g/mol. The van der Waals surface area contributed by atoms with Crippen LogP contribution in [0.1, 0.15) is 12.5 Å². The summed E-state index contributed by atoms with van der Waals surface area (Å²) in [4.78, 5) is 5.92. The quantitative estimate of drug-likeness (QED) is 0.649. The van der Waals surface area contributed by atoms with Gasteiger partial charge in [-0.2, -0.15) is 0 Å². The third kappa shape index (κ3) is 3.45. The van der Waals surface area contributed by atoms with Gasteiger partial charge in [-0.15, -0.1) is 0 Å². The van der Waals surface area contributed by atoms with Gasteiger partial charge < -0.3 is 14.4 Å². The highest BCUT2D eigenvalue weighted by Gasteiger charge is 2.20. The van der Waals surface area contributed by atoms with Gasteiger partial charge in [-0.3, -0.25) is 0 Å². The number of fused-ring (bicyclic) bond motifs is 1. The van der Waals surface area contributed by atoms with Crippen LogP contribution in [-0.2, 0) is 6.54 Å². The summed E-state index contributed by atoms with van der Waals surface area (Å²) in [5.74, 6) is 0.668. The summed E-state index contributed by atoms with van der Waals surface area (Å²) in [6.45, 7) is 3.20. The average Bonchev–Trinajstić information content (AvgIpc) is 3.17. The fourth-order valence-electron chi connectivity index (χ4n) is 2.82. The molecule has 0 fully saturated rings. The lowest BCUT2D eigenvalue weighted by molar-refractivity contribution is 0.318. The molecule has 1 aliphatic heterocycles. The highest BCUT2D eigenvalue weighted by molar-refractivity contribution is 8.03. The second-order valence-electron chi connectivity index (χ2n) is 5.92. The smallest absolute Gasteiger partial charge is 0.173 e. The molecule has 3 aromatic rings. The first-order valence-electron chi connectivity index (χ1n) is 8.29. The predicted octanol–water partition coefficient (Wildman–Crippen LogP) is 5.45. The Balaban J connectivity index is 1.54. The molecule has 2 aromatic carbocycles. The fourth-order valence-corrected chi connectivity index (χ4v) is 3.96. The Hall–Kier alpha value is -2.37. The molecule has 2 heterocycles. The van der Waals surface area contributed by atoms with Crippen molar-refractivity contribution < 1.29 is 9.84 Å². The van der Waals surface area contributed by atoms with E-state index in [4.69, 9.17) is 21.3 Å². The van der Waals surface area contributed by atoms with Gasteiger partial charge in [0.15, 0.2) is 16.7 Å². The number of nitrogens with zero attached hydrogens (tertiary/aromatic N) is 2. The molecule has 132 valence electrons. The molecule has 0 saturated carbocycles. The molecule has 1 N–H and O–H groups in total. The summed E-state index contributed by atoms with van der Waals surface area (Å²) in [6, 6.07) is 13.1. The zero-order chi connectivity index (χ0) is 18.1. The standard InChI is InChI=1S/C20H17ClN2O2S/c1-2-25-19-10-13(3-8-18(19)24)9-16-11-23-12-17(22-20(23)26-16)14-4-6-15(21)7-5-14/h3-10,12,24H,2,11H2,1H3/b16-9-. The number of phenolic OH excluding ortho intramolecular Hbond substituents is 1. The second-order valence-corrected chi connectivity index (χ2v) is 7.45. The number of halogens is 1. The molecule has 0 bridgehead atoms. The molecule has 0 unspecified atom stereocenters. The Morgan fingerprint density at radius 3 is 2.81 bits per heavy atom. The van der Waals surface area contributed by atoms with E-state index in [0.717, 1.165) is 33.5 Å². The minimum Gasteiger partial charge on any atom is -0.504 e. The van der Waals surface area contributed by atoms with E-state index in [1.54, 1.807) is 17.8 Å². The van der Waals surface area contributed by atoms with Crippen molar-refractivity contribution in [2.75, 3.05) is 6.61 Å². The first-order chi connectivity index (χ1) is 12.6. The van der Waals surface area contributed by atoms with Crippen LogP contribution >= 0.6 is 23.4 Å². The molecule has 0 atom stereocenters. The lowest BCUT2D eigenvalue weighted by Gasteiger charge is -2.06. The van der Waals surface area contributed by atoms with Crippen molar-refractivity contribution in [3.63, 3.8) is 0 Å². The van der Waals surface area contributed by atoms with Crippen LogP contribution in [0.4, 0.5) is 0 Å². The number of allylic oxidation sites excluding steroid dienone is 1. The lowest BCUT2D eigenvalue weighted by Crippen LogP contribution is -1.92. The number of rotatable bonds is 4. The van der Waals surface area contributed by atoms with Crippen molar-refractivity contribution >= 4 is 29.4 Å². The molecule has 1 aromatic heterocycles. The van der Waals surface area contributed by atoms with Crippen LogP contribution in [0.3, 0.4) is 0 Å². The van der Waals surface area contributed by atoms with Crippen molar-refractivity contribution in [1.82, 2.24) is 9.55 Å². The maximum atomic E-state index is 9.82. The normalized spacial score (nSPS) is 14.6. The highest BCUT2D eigenvalue weighted by atomic mass is 35.5. The van der Waals surface area contributed by atoms with Crippen LogP contribution in [0.2, 0.25) is 5.02 Å². The molecule has 4 nitrogen and oxygen atoms in total. The van der Waals surface area contributed by atoms with Gasteiger partial charge in [0.2, 0.25) is 0 Å². The molecule has 0 spiro atoms. The van der Waals surface area contributed by atoms with Gasteiger partial charge in [-0.1, -0.05) is 41.6 Å². The third-order valence-electron chi connectivity index (χ3n) is 4.04. The Morgan fingerprint density at radius 2 is 2.08 bits per heavy atom. The van der Waals surface area contributed by atoms with Crippen LogP contribution in [0.5, 0.6) is 11.5 Å². The van der Waals surface area contributed by atoms with Crippen LogP contribution in [-0.4, -0.2) is 21.3 Å². The Bertz CT molecular complexity index is 954. The van der Waals surface area contributed by atoms with E-state index in [0.29, 0.717) is 12.4 Å². The van der Waals surface area contributed by atoms with Crippen molar-refractivity contribution in [3.8, 4) is 22.8 Å². The van der Waals surface area contributed by atoms with E-state index in [1.807, 2.05) is 43.3 Å². The van der Waals surface area contributed by atoms with Gasteiger partial charge in [-0.25, -0.2) is 4.98 Å². The summed E-state index contributed by atoms with van der Waals surface area (Å²) in [5, 5.41) is 11.5. The number of hydrogen-bond donors (Lipinski definition) is 1. The largest absolute Gasteiger partial charge is 0.504 e. The van der Waals surface area contributed by atoms with Gasteiger partial charge in [0.25, 0.3) is 0 Å². The highest BCUT2D eigenvalue weighted by Crippen LogP contribution is 2.38. The number of benzene rings is 2. The number of ether oxygens (including phenoxy) is 1. The number of imidazole rings is 1. The van der Waals surface area contributed by atoms with Crippen molar-refractivity contribution in [2.45, 2.75) is 18.6 Å². The van der Waals surface area contributed by atoms with E-state index in [-0.39, 0.29) is 5.75 Å². The minimum absolute atomic E-state index is 0.161. The Labute approximate surface area is 161 Å². The third-order valence-corrected chi connectivity index (χ3v) is 5.31. The SMILES string of the molecule is CCOc1cc(/C=C2/Cn3cc(-c4ccc(Cl)cc4)nc3S2)ccc1O. The lowest BCUT2D eigenvalue weighted by atomic mass is 10.2. The van der Waals surface area contributed by atoms with Crippen molar-refractivity contribution in [1.29, 1.82) is 0 Å². The van der Waals surface area contributed by atoms with Gasteiger partial charge >= 0.3 is 0 Å². The monoisotopic (exact) mass is 384 g/mol. The molecule has 0 saturated heterocycles. The number of hydrogen-bond acceptors (Lipinski definition) is 4. The van der Waals surface area contributed by atoms with Crippen LogP contribution < -0.4 is 4.74 Å². The van der Waals surface area contributed by atoms with E-state index in [1.165, 1.54) is 4.91 Å². The van der Waals surface area contributed by atoms with E-state index in [9.17, 15) is 5.11 Å². The topological polar surface area (TPSA) is 47.3 Å². The summed E-state index contributed by atoms with van der Waals surface area (Å²) in [7, 11) is 0. The molecule has 0 radical (unpaired) electrons. The molecule has 0 amide bonds. The zero-order valence-electron chi connectivity index (χ0n) is 14.1. The summed E-state index contributed by atoms with van der Waals surface area (Å²) in [6.07, 6.45) is 4.16. The molecule has 4 rings (SSSR count). The molecular formula is C20H17ClN2O2S. The molecule has 6 heteroatoms. The Kier molecular flexibility index (Phi) is 4.66. The number of thioether (sulfide) groups is 1. The zero-order valence-corrected chi connectivity index (χ0v) is 15.7. The molecule has 26 heavy (non-hydrogen) atoms. The van der Waals surface area contributed by atoms with Crippen molar-refractivity contribution in [2.24, 2.45) is 0 Å².